The van der Waals surface area contributed by atoms with Gasteiger partial charge in [0.2, 0.25) is 0 Å². The van der Waals surface area contributed by atoms with Gasteiger partial charge in [0.05, 0.1) is 0 Å². The predicted octanol–water partition coefficient (Wildman–Crippen LogP) is 2.09. The Kier molecular flexibility index (Phi) is 2.80. The number of hydrogen-bond donors (Lipinski definition) is 3. The Hall–Kier alpha value is -1.81. The Morgan fingerprint density at radius 3 is 3.06 bits per heavy atom. The first-order valence-corrected chi connectivity index (χ1v) is 6.29. The van der Waals surface area contributed by atoms with Crippen LogP contribution in [0.3, 0.4) is 0 Å². The molecule has 0 spiro atoms. The summed E-state index contributed by atoms with van der Waals surface area (Å²) >= 11 is 0. The van der Waals surface area contributed by atoms with Crippen LogP contribution in [-0.2, 0) is 4.79 Å². The number of carbonyl (C=O) groups is 1. The molecule has 3 rings (SSSR count). The van der Waals surface area contributed by atoms with E-state index in [1.807, 2.05) is 30.5 Å². The van der Waals surface area contributed by atoms with Crippen LogP contribution in [0.1, 0.15) is 24.3 Å². The van der Waals surface area contributed by atoms with E-state index in [1.54, 1.807) is 0 Å². The van der Waals surface area contributed by atoms with Crippen molar-refractivity contribution in [2.24, 2.45) is 0 Å². The summed E-state index contributed by atoms with van der Waals surface area (Å²) in [5.74, 6) is -0.721. The number of carboxylic acids is 1. The third-order valence-corrected chi connectivity index (χ3v) is 3.74. The maximum atomic E-state index is 11.3. The van der Waals surface area contributed by atoms with Gasteiger partial charge in [-0.25, -0.2) is 0 Å². The minimum Gasteiger partial charge on any atom is -0.480 e. The van der Waals surface area contributed by atoms with Crippen LogP contribution >= 0.6 is 0 Å². The molecule has 0 aliphatic carbocycles. The van der Waals surface area contributed by atoms with E-state index in [1.165, 1.54) is 0 Å². The van der Waals surface area contributed by atoms with E-state index in [0.29, 0.717) is 0 Å². The summed E-state index contributed by atoms with van der Waals surface area (Å²) in [6.07, 6.45) is 3.84. The van der Waals surface area contributed by atoms with Gasteiger partial charge in [-0.3, -0.25) is 4.79 Å². The van der Waals surface area contributed by atoms with E-state index in [-0.39, 0.29) is 5.92 Å². The maximum absolute atomic E-state index is 11.3. The van der Waals surface area contributed by atoms with E-state index in [9.17, 15) is 9.90 Å². The lowest BCUT2D eigenvalue weighted by Crippen LogP contribution is -2.45. The van der Waals surface area contributed by atoms with Crippen LogP contribution in [0.4, 0.5) is 0 Å². The van der Waals surface area contributed by atoms with Crippen molar-refractivity contribution >= 4 is 16.9 Å². The molecule has 18 heavy (non-hydrogen) atoms. The normalized spacial score (nSPS) is 24.2. The maximum Gasteiger partial charge on any atom is 0.321 e. The number of piperidine rings is 1. The van der Waals surface area contributed by atoms with E-state index in [2.05, 4.69) is 10.3 Å². The molecular weight excluding hydrogens is 228 g/mol. The summed E-state index contributed by atoms with van der Waals surface area (Å²) < 4.78 is 0. The van der Waals surface area contributed by atoms with E-state index in [4.69, 9.17) is 0 Å². The summed E-state index contributed by atoms with van der Waals surface area (Å²) in [6, 6.07) is 7.62. The number of aliphatic carboxylic acids is 1. The van der Waals surface area contributed by atoms with Crippen molar-refractivity contribution in [3.63, 3.8) is 0 Å². The Labute approximate surface area is 105 Å². The van der Waals surface area contributed by atoms with E-state index >= 15 is 0 Å². The van der Waals surface area contributed by atoms with Crippen LogP contribution in [0.15, 0.2) is 30.5 Å². The molecule has 0 radical (unpaired) electrons. The lowest BCUT2D eigenvalue weighted by atomic mass is 9.84. The number of nitrogens with one attached hydrogen (secondary N) is 2. The van der Waals surface area contributed by atoms with Crippen LogP contribution in [0.2, 0.25) is 0 Å². The summed E-state index contributed by atoms with van der Waals surface area (Å²) in [5, 5.41) is 13.6. The fraction of sp³-hybridized carbons (Fsp3) is 0.357. The Bertz CT molecular complexity index is 576. The Balaban J connectivity index is 2.06. The molecule has 1 aliphatic rings. The summed E-state index contributed by atoms with van der Waals surface area (Å²) in [5.41, 5.74) is 2.18. The van der Waals surface area contributed by atoms with Gasteiger partial charge in [0.25, 0.3) is 0 Å². The van der Waals surface area contributed by atoms with E-state index in [0.717, 1.165) is 35.9 Å². The molecule has 3 N–H and O–H groups in total. The zero-order chi connectivity index (χ0) is 12.5. The highest BCUT2D eigenvalue weighted by Gasteiger charge is 2.32. The molecule has 4 heteroatoms. The SMILES string of the molecule is O=C(O)C1NCCCC1c1cccc2cc[nH]c12. The first-order chi connectivity index (χ1) is 8.77. The lowest BCUT2D eigenvalue weighted by molar-refractivity contribution is -0.140. The van der Waals surface area contributed by atoms with Gasteiger partial charge in [-0.1, -0.05) is 18.2 Å². The quantitative estimate of drug-likeness (QED) is 0.758. The first kappa shape index (κ1) is 11.3. The number of rotatable bonds is 2. The number of aromatic amines is 1. The molecular formula is C14H16N2O2. The molecule has 1 aliphatic heterocycles. The fourth-order valence-corrected chi connectivity index (χ4v) is 2.90. The topological polar surface area (TPSA) is 65.1 Å². The first-order valence-electron chi connectivity index (χ1n) is 6.29. The number of benzene rings is 1. The highest BCUT2D eigenvalue weighted by Crippen LogP contribution is 2.32. The van der Waals surface area contributed by atoms with Crippen molar-refractivity contribution in [3.05, 3.63) is 36.0 Å². The molecule has 1 aromatic carbocycles. The molecule has 0 amide bonds. The van der Waals surface area contributed by atoms with Crippen molar-refractivity contribution in [1.82, 2.24) is 10.3 Å². The minimum absolute atomic E-state index is 0.0404. The summed E-state index contributed by atoms with van der Waals surface area (Å²) in [6.45, 7) is 0.786. The standard InChI is InChI=1S/C14H16N2O2/c17-14(18)13-11(5-2-7-15-13)10-4-1-3-9-6-8-16-12(9)10/h1,3-4,6,8,11,13,15-16H,2,5,7H2,(H,17,18). The van der Waals surface area contributed by atoms with Crippen LogP contribution in [0.5, 0.6) is 0 Å². The molecule has 2 unspecified atom stereocenters. The monoisotopic (exact) mass is 244 g/mol. The molecule has 2 heterocycles. The predicted molar refractivity (Wildman–Crippen MR) is 69.7 cm³/mol. The minimum atomic E-state index is -0.761. The van der Waals surface area contributed by atoms with Crippen LogP contribution in [0.25, 0.3) is 10.9 Å². The molecule has 4 nitrogen and oxygen atoms in total. The molecule has 2 aromatic rings. The highest BCUT2D eigenvalue weighted by atomic mass is 16.4. The molecule has 1 aromatic heterocycles. The summed E-state index contributed by atoms with van der Waals surface area (Å²) in [7, 11) is 0. The number of fused-ring (bicyclic) bond motifs is 1. The largest absolute Gasteiger partial charge is 0.480 e. The molecule has 1 saturated heterocycles. The second-order valence-corrected chi connectivity index (χ2v) is 4.81. The van der Waals surface area contributed by atoms with Crippen molar-refractivity contribution in [3.8, 4) is 0 Å². The third-order valence-electron chi connectivity index (χ3n) is 3.74. The number of para-hydroxylation sites is 1. The van der Waals surface area contributed by atoms with Crippen molar-refractivity contribution in [2.75, 3.05) is 6.54 Å². The summed E-state index contributed by atoms with van der Waals surface area (Å²) in [4.78, 5) is 14.6. The van der Waals surface area contributed by atoms with Gasteiger partial charge in [-0.2, -0.15) is 0 Å². The van der Waals surface area contributed by atoms with Gasteiger partial charge in [0, 0.05) is 17.6 Å². The average molecular weight is 244 g/mol. The van der Waals surface area contributed by atoms with Gasteiger partial charge >= 0.3 is 5.97 Å². The van der Waals surface area contributed by atoms with E-state index < -0.39 is 12.0 Å². The Morgan fingerprint density at radius 1 is 1.33 bits per heavy atom. The average Bonchev–Trinajstić information content (AvgIpc) is 2.86. The Morgan fingerprint density at radius 2 is 2.22 bits per heavy atom. The van der Waals surface area contributed by atoms with Gasteiger partial charge in [0.15, 0.2) is 0 Å². The molecule has 1 fully saturated rings. The third kappa shape index (κ3) is 1.78. The van der Waals surface area contributed by atoms with Gasteiger partial charge in [-0.05, 0) is 36.4 Å². The molecule has 0 saturated carbocycles. The van der Waals surface area contributed by atoms with Gasteiger partial charge < -0.3 is 15.4 Å². The fourth-order valence-electron chi connectivity index (χ4n) is 2.90. The van der Waals surface area contributed by atoms with Crippen LogP contribution in [-0.4, -0.2) is 28.6 Å². The molecule has 94 valence electrons. The molecule has 2 atom stereocenters. The van der Waals surface area contributed by atoms with Crippen molar-refractivity contribution < 1.29 is 9.90 Å². The van der Waals surface area contributed by atoms with Crippen molar-refractivity contribution in [1.29, 1.82) is 0 Å². The van der Waals surface area contributed by atoms with Crippen LogP contribution in [0, 0.1) is 0 Å². The highest BCUT2D eigenvalue weighted by molar-refractivity contribution is 5.84. The van der Waals surface area contributed by atoms with Crippen molar-refractivity contribution in [2.45, 2.75) is 24.8 Å². The zero-order valence-corrected chi connectivity index (χ0v) is 10.0. The zero-order valence-electron chi connectivity index (χ0n) is 10.0. The molecule has 0 bridgehead atoms. The smallest absolute Gasteiger partial charge is 0.321 e. The second kappa shape index (κ2) is 4.46. The lowest BCUT2D eigenvalue weighted by Gasteiger charge is -2.30. The number of hydrogen-bond acceptors (Lipinski definition) is 2. The van der Waals surface area contributed by atoms with Crippen LogP contribution < -0.4 is 5.32 Å². The number of H-pyrrole nitrogens is 1. The van der Waals surface area contributed by atoms with Gasteiger partial charge in [-0.15, -0.1) is 0 Å². The van der Waals surface area contributed by atoms with Gasteiger partial charge in [0.1, 0.15) is 6.04 Å². The number of aromatic nitrogens is 1. The number of carboxylic acid groups (broad SMARTS) is 1. The second-order valence-electron chi connectivity index (χ2n) is 4.81.